The smallest absolute Gasteiger partial charge is 0.337 e. The van der Waals surface area contributed by atoms with Crippen molar-refractivity contribution in [1.82, 2.24) is 0 Å². The number of rotatable bonds is 5. The van der Waals surface area contributed by atoms with Crippen LogP contribution in [0.25, 0.3) is 0 Å². The van der Waals surface area contributed by atoms with Gasteiger partial charge in [0.2, 0.25) is 0 Å². The minimum atomic E-state index is -0.383. The summed E-state index contributed by atoms with van der Waals surface area (Å²) in [6, 6.07) is 6.85. The maximum absolute atomic E-state index is 11.7. The van der Waals surface area contributed by atoms with E-state index in [1.807, 2.05) is 6.92 Å². The normalized spacial score (nSPS) is 11.7. The molecule has 0 saturated carbocycles. The Kier molecular flexibility index (Phi) is 5.36. The summed E-state index contributed by atoms with van der Waals surface area (Å²) in [7, 11) is 2.72. The zero-order valence-corrected chi connectivity index (χ0v) is 10.9. The number of hydrogen-bond donors (Lipinski definition) is 0. The van der Waals surface area contributed by atoms with Crippen LogP contribution in [0.15, 0.2) is 24.3 Å². The molecule has 0 amide bonds. The molecule has 4 nitrogen and oxygen atoms in total. The van der Waals surface area contributed by atoms with Crippen LogP contribution in [0.4, 0.5) is 0 Å². The summed E-state index contributed by atoms with van der Waals surface area (Å²) in [5.74, 6) is -0.902. The van der Waals surface area contributed by atoms with E-state index in [0.29, 0.717) is 5.56 Å². The first kappa shape index (κ1) is 14.2. The standard InChI is InChI=1S/C14H18O4/c1-4-5-12(14(16)18-3)10-6-8-11(9-7-10)13(15)17-2/h6-9,12H,4-5H2,1-3H3/t12-/m1/s1. The maximum atomic E-state index is 11.7. The molecule has 0 radical (unpaired) electrons. The molecule has 1 atom stereocenters. The Bertz CT molecular complexity index is 408. The largest absolute Gasteiger partial charge is 0.469 e. The van der Waals surface area contributed by atoms with Crippen LogP contribution < -0.4 is 0 Å². The number of methoxy groups -OCH3 is 2. The van der Waals surface area contributed by atoms with Crippen LogP contribution in [0, 0.1) is 0 Å². The van der Waals surface area contributed by atoms with Crippen LogP contribution in [0.3, 0.4) is 0 Å². The molecule has 1 aromatic rings. The number of carbonyl (C=O) groups excluding carboxylic acids is 2. The fraction of sp³-hybridized carbons (Fsp3) is 0.429. The van der Waals surface area contributed by atoms with Gasteiger partial charge in [-0.25, -0.2) is 4.79 Å². The van der Waals surface area contributed by atoms with Gasteiger partial charge < -0.3 is 9.47 Å². The molecular weight excluding hydrogens is 232 g/mol. The van der Waals surface area contributed by atoms with E-state index >= 15 is 0 Å². The zero-order chi connectivity index (χ0) is 13.5. The van der Waals surface area contributed by atoms with Crippen LogP contribution in [0.5, 0.6) is 0 Å². The van der Waals surface area contributed by atoms with E-state index in [4.69, 9.17) is 4.74 Å². The average Bonchev–Trinajstić information content (AvgIpc) is 2.43. The fourth-order valence-corrected chi connectivity index (χ4v) is 1.82. The van der Waals surface area contributed by atoms with E-state index < -0.39 is 0 Å². The van der Waals surface area contributed by atoms with Gasteiger partial charge >= 0.3 is 11.9 Å². The highest BCUT2D eigenvalue weighted by molar-refractivity contribution is 5.89. The van der Waals surface area contributed by atoms with E-state index in [0.717, 1.165) is 18.4 Å². The first-order chi connectivity index (χ1) is 8.63. The monoisotopic (exact) mass is 250 g/mol. The van der Waals surface area contributed by atoms with E-state index in [2.05, 4.69) is 4.74 Å². The van der Waals surface area contributed by atoms with Gasteiger partial charge in [0, 0.05) is 0 Å². The van der Waals surface area contributed by atoms with Crippen LogP contribution in [0.1, 0.15) is 41.6 Å². The zero-order valence-electron chi connectivity index (χ0n) is 10.9. The Labute approximate surface area is 107 Å². The van der Waals surface area contributed by atoms with Gasteiger partial charge in [0.25, 0.3) is 0 Å². The Morgan fingerprint density at radius 1 is 1.11 bits per heavy atom. The molecular formula is C14H18O4. The summed E-state index contributed by atoms with van der Waals surface area (Å²) in [4.78, 5) is 23.0. The molecule has 98 valence electrons. The molecule has 0 saturated heterocycles. The predicted molar refractivity (Wildman–Crippen MR) is 67.4 cm³/mol. The molecule has 0 aliphatic carbocycles. The van der Waals surface area contributed by atoms with Gasteiger partial charge in [0.05, 0.1) is 25.7 Å². The topological polar surface area (TPSA) is 52.6 Å². The number of carbonyl (C=O) groups is 2. The number of hydrogen-bond acceptors (Lipinski definition) is 4. The summed E-state index contributed by atoms with van der Waals surface area (Å²) in [6.07, 6.45) is 1.61. The third-order valence-electron chi connectivity index (χ3n) is 2.80. The minimum Gasteiger partial charge on any atom is -0.469 e. The molecule has 1 rings (SSSR count). The summed E-state index contributed by atoms with van der Waals surface area (Å²) < 4.78 is 9.41. The molecule has 0 spiro atoms. The predicted octanol–water partition coefficient (Wildman–Crippen LogP) is 2.53. The van der Waals surface area contributed by atoms with Gasteiger partial charge in [-0.05, 0) is 24.1 Å². The van der Waals surface area contributed by atoms with Crippen LogP contribution in [0.2, 0.25) is 0 Å². The highest BCUT2D eigenvalue weighted by Crippen LogP contribution is 2.23. The number of esters is 2. The van der Waals surface area contributed by atoms with Gasteiger partial charge in [-0.2, -0.15) is 0 Å². The highest BCUT2D eigenvalue weighted by Gasteiger charge is 2.20. The molecule has 1 aromatic carbocycles. The highest BCUT2D eigenvalue weighted by atomic mass is 16.5. The van der Waals surface area contributed by atoms with Crippen LogP contribution in [-0.4, -0.2) is 26.2 Å². The number of ether oxygens (including phenoxy) is 2. The van der Waals surface area contributed by atoms with Crippen molar-refractivity contribution in [2.75, 3.05) is 14.2 Å². The summed E-state index contributed by atoms with van der Waals surface area (Å²) >= 11 is 0. The Morgan fingerprint density at radius 3 is 2.17 bits per heavy atom. The van der Waals surface area contributed by atoms with Gasteiger partial charge in [-0.3, -0.25) is 4.79 Å². The first-order valence-electron chi connectivity index (χ1n) is 5.90. The van der Waals surface area contributed by atoms with Crippen molar-refractivity contribution in [2.45, 2.75) is 25.7 Å². The molecule has 0 heterocycles. The third-order valence-corrected chi connectivity index (χ3v) is 2.80. The summed E-state index contributed by atoms with van der Waals surface area (Å²) in [6.45, 7) is 2.01. The SMILES string of the molecule is CCC[C@@H](C(=O)OC)c1ccc(C(=O)OC)cc1. The number of benzene rings is 1. The fourth-order valence-electron chi connectivity index (χ4n) is 1.82. The third kappa shape index (κ3) is 3.32. The van der Waals surface area contributed by atoms with E-state index in [-0.39, 0.29) is 17.9 Å². The van der Waals surface area contributed by atoms with E-state index in [1.165, 1.54) is 14.2 Å². The second-order valence-electron chi connectivity index (χ2n) is 3.98. The van der Waals surface area contributed by atoms with Crippen molar-refractivity contribution in [3.8, 4) is 0 Å². The second kappa shape index (κ2) is 6.79. The van der Waals surface area contributed by atoms with Crippen LogP contribution >= 0.6 is 0 Å². The van der Waals surface area contributed by atoms with Gasteiger partial charge in [0.15, 0.2) is 0 Å². The van der Waals surface area contributed by atoms with Crippen molar-refractivity contribution in [2.24, 2.45) is 0 Å². The molecule has 18 heavy (non-hydrogen) atoms. The van der Waals surface area contributed by atoms with Gasteiger partial charge in [0.1, 0.15) is 0 Å². The molecule has 0 aliphatic heterocycles. The van der Waals surface area contributed by atoms with Crippen LogP contribution in [-0.2, 0) is 14.3 Å². The first-order valence-corrected chi connectivity index (χ1v) is 5.90. The second-order valence-corrected chi connectivity index (χ2v) is 3.98. The average molecular weight is 250 g/mol. The molecule has 4 heteroatoms. The lowest BCUT2D eigenvalue weighted by molar-refractivity contribution is -0.142. The summed E-state index contributed by atoms with van der Waals surface area (Å²) in [5.41, 5.74) is 1.33. The van der Waals surface area contributed by atoms with Crippen molar-refractivity contribution < 1.29 is 19.1 Å². The molecule has 0 fully saturated rings. The van der Waals surface area contributed by atoms with Crippen molar-refractivity contribution in [3.05, 3.63) is 35.4 Å². The van der Waals surface area contributed by atoms with Crippen molar-refractivity contribution in [3.63, 3.8) is 0 Å². The van der Waals surface area contributed by atoms with Crippen molar-refractivity contribution >= 4 is 11.9 Å². The van der Waals surface area contributed by atoms with Crippen molar-refractivity contribution in [1.29, 1.82) is 0 Å². The summed E-state index contributed by atoms with van der Waals surface area (Å²) in [5, 5.41) is 0. The Morgan fingerprint density at radius 2 is 1.72 bits per heavy atom. The van der Waals surface area contributed by atoms with Gasteiger partial charge in [-0.15, -0.1) is 0 Å². The maximum Gasteiger partial charge on any atom is 0.337 e. The molecule has 0 unspecified atom stereocenters. The molecule has 0 aliphatic rings. The lowest BCUT2D eigenvalue weighted by Gasteiger charge is -2.14. The Hall–Kier alpha value is -1.84. The molecule has 0 N–H and O–H groups in total. The quantitative estimate of drug-likeness (QED) is 0.753. The lowest BCUT2D eigenvalue weighted by Crippen LogP contribution is -2.14. The van der Waals surface area contributed by atoms with E-state index in [1.54, 1.807) is 24.3 Å². The van der Waals surface area contributed by atoms with E-state index in [9.17, 15) is 9.59 Å². The lowest BCUT2D eigenvalue weighted by atomic mass is 9.94. The minimum absolute atomic E-state index is 0.248. The van der Waals surface area contributed by atoms with Gasteiger partial charge in [-0.1, -0.05) is 25.5 Å². The Balaban J connectivity index is 2.93. The molecule has 0 aromatic heterocycles. The molecule has 0 bridgehead atoms.